The molecule has 2 nitrogen and oxygen atoms in total. The van der Waals surface area contributed by atoms with Crippen LogP contribution in [0.5, 0.6) is 0 Å². The van der Waals surface area contributed by atoms with Crippen molar-refractivity contribution in [3.8, 4) is 0 Å². The van der Waals surface area contributed by atoms with Gasteiger partial charge in [-0.3, -0.25) is 4.90 Å². The van der Waals surface area contributed by atoms with Crippen LogP contribution < -0.4 is 12.4 Å². The normalized spacial score (nSPS) is 33.8. The highest BCUT2D eigenvalue weighted by Gasteiger charge is 2.37. The molecular weight excluding hydrogens is 208 g/mol. The van der Waals surface area contributed by atoms with Gasteiger partial charge in [-0.1, -0.05) is 19.8 Å². The van der Waals surface area contributed by atoms with Crippen LogP contribution in [0.25, 0.3) is 0 Å². The Bertz CT molecular complexity index is 163. The molecule has 3 saturated heterocycles. The van der Waals surface area contributed by atoms with E-state index in [0.717, 1.165) is 0 Å². The van der Waals surface area contributed by atoms with Crippen LogP contribution >= 0.6 is 0 Å². The van der Waals surface area contributed by atoms with Gasteiger partial charge in [0, 0.05) is 19.6 Å². The lowest BCUT2D eigenvalue weighted by Crippen LogP contribution is -3.00. The molecule has 0 spiro atoms. The van der Waals surface area contributed by atoms with Crippen molar-refractivity contribution in [1.82, 2.24) is 4.90 Å². The average molecular weight is 233 g/mol. The first kappa shape index (κ1) is 13.3. The van der Waals surface area contributed by atoms with E-state index in [9.17, 15) is 0 Å². The van der Waals surface area contributed by atoms with E-state index in [-0.39, 0.29) is 12.4 Å². The molecule has 90 valence electrons. The topological polar surface area (TPSA) is 3.24 Å². The molecule has 0 amide bonds. The van der Waals surface area contributed by atoms with E-state index in [0.29, 0.717) is 0 Å². The van der Waals surface area contributed by atoms with Gasteiger partial charge in [0.15, 0.2) is 0 Å². The quantitative estimate of drug-likeness (QED) is 0.422. The van der Waals surface area contributed by atoms with Crippen molar-refractivity contribution in [3.63, 3.8) is 0 Å². The van der Waals surface area contributed by atoms with Crippen LogP contribution in [0.3, 0.4) is 0 Å². The Balaban J connectivity index is 0.00000112. The first-order valence-corrected chi connectivity index (χ1v) is 6.42. The zero-order valence-corrected chi connectivity index (χ0v) is 10.8. The molecule has 3 heterocycles. The van der Waals surface area contributed by atoms with E-state index in [4.69, 9.17) is 0 Å². The lowest BCUT2D eigenvalue weighted by atomic mass is 10.1. The van der Waals surface area contributed by atoms with E-state index < -0.39 is 0 Å². The number of piperazine rings is 3. The van der Waals surface area contributed by atoms with Gasteiger partial charge in [-0.2, -0.15) is 0 Å². The highest BCUT2D eigenvalue weighted by Crippen LogP contribution is 2.20. The molecule has 0 unspecified atom stereocenters. The fourth-order valence-corrected chi connectivity index (χ4v) is 2.94. The SMILES string of the molecule is CCCCCC[N+]12CCN(CC1)CC2.[Cl-]. The van der Waals surface area contributed by atoms with Gasteiger partial charge in [0.05, 0.1) is 26.2 Å². The average Bonchev–Trinajstić information content (AvgIpc) is 2.27. The summed E-state index contributed by atoms with van der Waals surface area (Å²) in [5.41, 5.74) is 0. The molecule has 0 saturated carbocycles. The molecular formula is C12H25ClN2. The van der Waals surface area contributed by atoms with Crippen LogP contribution in [0.2, 0.25) is 0 Å². The number of fused-ring (bicyclic) bond motifs is 3. The van der Waals surface area contributed by atoms with E-state index in [2.05, 4.69) is 11.8 Å². The third-order valence-electron chi connectivity index (χ3n) is 4.16. The summed E-state index contributed by atoms with van der Waals surface area (Å²) in [5, 5.41) is 0. The summed E-state index contributed by atoms with van der Waals surface area (Å²) in [6, 6.07) is 0. The number of rotatable bonds is 5. The molecule has 3 fully saturated rings. The Labute approximate surface area is 101 Å². The first-order chi connectivity index (χ1) is 6.85. The van der Waals surface area contributed by atoms with Gasteiger partial charge >= 0.3 is 0 Å². The monoisotopic (exact) mass is 232 g/mol. The summed E-state index contributed by atoms with van der Waals surface area (Å²) in [7, 11) is 0. The standard InChI is InChI=1S/C12H25N2.ClH/c1-2-3-4-5-9-14-10-6-13(7-11-14)8-12-14;/h2-12H2,1H3;1H/q+1;/p-1. The second-order valence-electron chi connectivity index (χ2n) is 5.14. The van der Waals surface area contributed by atoms with Gasteiger partial charge in [0.2, 0.25) is 0 Å². The molecule has 0 aliphatic carbocycles. The summed E-state index contributed by atoms with van der Waals surface area (Å²) >= 11 is 0. The maximum atomic E-state index is 2.63. The van der Waals surface area contributed by atoms with Crippen molar-refractivity contribution in [2.75, 3.05) is 45.8 Å². The van der Waals surface area contributed by atoms with Crippen molar-refractivity contribution in [1.29, 1.82) is 0 Å². The van der Waals surface area contributed by atoms with E-state index in [1.54, 1.807) is 0 Å². The maximum Gasteiger partial charge on any atom is 0.0916 e. The minimum atomic E-state index is 0. The fourth-order valence-electron chi connectivity index (χ4n) is 2.94. The molecule has 0 radical (unpaired) electrons. The van der Waals surface area contributed by atoms with Crippen LogP contribution in [0.4, 0.5) is 0 Å². The molecule has 3 aliphatic rings. The van der Waals surface area contributed by atoms with Gasteiger partial charge in [-0.15, -0.1) is 0 Å². The lowest BCUT2D eigenvalue weighted by molar-refractivity contribution is -0.941. The number of unbranched alkanes of at least 4 members (excludes halogenated alkanes) is 3. The predicted molar refractivity (Wildman–Crippen MR) is 60.3 cm³/mol. The van der Waals surface area contributed by atoms with Gasteiger partial charge in [-0.05, 0) is 12.8 Å². The van der Waals surface area contributed by atoms with Crippen molar-refractivity contribution in [2.45, 2.75) is 32.6 Å². The van der Waals surface area contributed by atoms with E-state index >= 15 is 0 Å². The molecule has 0 atom stereocenters. The Morgan fingerprint density at radius 2 is 1.53 bits per heavy atom. The molecule has 0 N–H and O–H groups in total. The number of hydrogen-bond donors (Lipinski definition) is 0. The third-order valence-corrected chi connectivity index (χ3v) is 4.16. The highest BCUT2D eigenvalue weighted by molar-refractivity contribution is 4.70. The number of nitrogens with zero attached hydrogens (tertiary/aromatic N) is 2. The predicted octanol–water partition coefficient (Wildman–Crippen LogP) is -1.28. The van der Waals surface area contributed by atoms with Crippen LogP contribution in [0.15, 0.2) is 0 Å². The summed E-state index contributed by atoms with van der Waals surface area (Å²) < 4.78 is 1.46. The zero-order chi connectivity index (χ0) is 9.86. The molecule has 15 heavy (non-hydrogen) atoms. The molecule has 0 aromatic rings. The minimum Gasteiger partial charge on any atom is -1.00 e. The van der Waals surface area contributed by atoms with Gasteiger partial charge in [-0.25, -0.2) is 0 Å². The molecule has 0 aromatic carbocycles. The van der Waals surface area contributed by atoms with E-state index in [1.807, 2.05) is 0 Å². The van der Waals surface area contributed by atoms with Crippen molar-refractivity contribution < 1.29 is 16.9 Å². The fraction of sp³-hybridized carbons (Fsp3) is 1.00. The number of quaternary nitrogens is 1. The van der Waals surface area contributed by atoms with Crippen molar-refractivity contribution in [3.05, 3.63) is 0 Å². The Morgan fingerprint density at radius 1 is 0.933 bits per heavy atom. The summed E-state index contributed by atoms with van der Waals surface area (Å²) in [5.74, 6) is 0. The second kappa shape index (κ2) is 6.07. The first-order valence-electron chi connectivity index (χ1n) is 6.42. The maximum absolute atomic E-state index is 2.63. The number of hydrogen-bond acceptors (Lipinski definition) is 1. The largest absolute Gasteiger partial charge is 1.00 e. The van der Waals surface area contributed by atoms with Crippen molar-refractivity contribution in [2.24, 2.45) is 0 Å². The van der Waals surface area contributed by atoms with Gasteiger partial charge < -0.3 is 16.9 Å². The second-order valence-corrected chi connectivity index (χ2v) is 5.14. The number of halogens is 1. The Hall–Kier alpha value is 0.210. The third kappa shape index (κ3) is 3.33. The zero-order valence-electron chi connectivity index (χ0n) is 10.1. The highest BCUT2D eigenvalue weighted by atomic mass is 35.5. The van der Waals surface area contributed by atoms with Crippen LogP contribution in [0, 0.1) is 0 Å². The molecule has 3 aliphatic heterocycles. The van der Waals surface area contributed by atoms with Gasteiger partial charge in [0.25, 0.3) is 0 Å². The smallest absolute Gasteiger partial charge is 0.0916 e. The van der Waals surface area contributed by atoms with Gasteiger partial charge in [0.1, 0.15) is 0 Å². The lowest BCUT2D eigenvalue weighted by Gasteiger charge is -2.50. The Kier molecular flexibility index (Phi) is 5.37. The van der Waals surface area contributed by atoms with Crippen LogP contribution in [-0.4, -0.2) is 55.2 Å². The van der Waals surface area contributed by atoms with Crippen LogP contribution in [-0.2, 0) is 0 Å². The summed E-state index contributed by atoms with van der Waals surface area (Å²) in [6.07, 6.45) is 5.73. The van der Waals surface area contributed by atoms with E-state index in [1.165, 1.54) is 76.0 Å². The summed E-state index contributed by atoms with van der Waals surface area (Å²) in [6.45, 7) is 12.2. The van der Waals surface area contributed by atoms with Crippen LogP contribution in [0.1, 0.15) is 32.6 Å². The molecule has 0 aromatic heterocycles. The minimum absolute atomic E-state index is 0. The van der Waals surface area contributed by atoms with Crippen molar-refractivity contribution >= 4 is 0 Å². The Morgan fingerprint density at radius 3 is 2.07 bits per heavy atom. The molecule has 3 rings (SSSR count). The molecule has 3 heteroatoms. The summed E-state index contributed by atoms with van der Waals surface area (Å²) in [4.78, 5) is 2.63. The molecule has 2 bridgehead atoms.